The third-order valence-corrected chi connectivity index (χ3v) is 4.40. The Morgan fingerprint density at radius 2 is 1.48 bits per heavy atom. The maximum absolute atomic E-state index is 11.7. The second kappa shape index (κ2) is 5.34. The molecule has 0 amide bonds. The first kappa shape index (κ1) is 14.2. The number of aliphatic imine (C=N–C) groups is 1. The Labute approximate surface area is 139 Å². The number of aliphatic hydroxyl groups is 1. The summed E-state index contributed by atoms with van der Waals surface area (Å²) >= 11 is 6.17. The van der Waals surface area contributed by atoms with Crippen molar-refractivity contribution in [3.63, 3.8) is 0 Å². The fourth-order valence-electron chi connectivity index (χ4n) is 3.07. The van der Waals surface area contributed by atoms with Crippen molar-refractivity contribution in [3.05, 3.63) is 101 Å². The molecule has 23 heavy (non-hydrogen) atoms. The molecule has 0 aromatic heterocycles. The van der Waals surface area contributed by atoms with Crippen LogP contribution in [0.25, 0.3) is 0 Å². The normalized spacial score (nSPS) is 19.3. The first-order valence-electron chi connectivity index (χ1n) is 7.42. The summed E-state index contributed by atoms with van der Waals surface area (Å²) in [4.78, 5) is 4.70. The van der Waals surface area contributed by atoms with Crippen molar-refractivity contribution in [2.45, 2.75) is 5.60 Å². The number of hydrogen-bond acceptors (Lipinski definition) is 2. The van der Waals surface area contributed by atoms with Gasteiger partial charge in [-0.2, -0.15) is 0 Å². The van der Waals surface area contributed by atoms with Gasteiger partial charge in [0.25, 0.3) is 0 Å². The Morgan fingerprint density at radius 1 is 0.826 bits per heavy atom. The molecule has 0 saturated carbocycles. The van der Waals surface area contributed by atoms with Crippen molar-refractivity contribution in [2.24, 2.45) is 4.99 Å². The van der Waals surface area contributed by atoms with E-state index in [-0.39, 0.29) is 0 Å². The van der Waals surface area contributed by atoms with Gasteiger partial charge in [0.2, 0.25) is 0 Å². The lowest BCUT2D eigenvalue weighted by Gasteiger charge is -2.27. The van der Waals surface area contributed by atoms with Crippen LogP contribution < -0.4 is 0 Å². The van der Waals surface area contributed by atoms with E-state index in [1.807, 2.05) is 66.7 Å². The second-order valence-corrected chi connectivity index (χ2v) is 6.00. The Balaban J connectivity index is 2.00. The molecule has 3 aromatic carbocycles. The monoisotopic (exact) mass is 319 g/mol. The van der Waals surface area contributed by atoms with Gasteiger partial charge >= 0.3 is 0 Å². The van der Waals surface area contributed by atoms with E-state index in [1.54, 1.807) is 12.1 Å². The zero-order valence-corrected chi connectivity index (χ0v) is 13.0. The molecule has 3 heteroatoms. The number of benzene rings is 3. The van der Waals surface area contributed by atoms with Crippen molar-refractivity contribution >= 4 is 23.0 Å². The third kappa shape index (κ3) is 2.19. The molecule has 1 unspecified atom stereocenters. The number of fused-ring (bicyclic) bond motifs is 1. The quantitative estimate of drug-likeness (QED) is 0.729. The van der Waals surface area contributed by atoms with E-state index in [2.05, 4.69) is 0 Å². The summed E-state index contributed by atoms with van der Waals surface area (Å²) in [7, 11) is 0. The van der Waals surface area contributed by atoms with Crippen LogP contribution in [0.3, 0.4) is 0 Å². The lowest BCUT2D eigenvalue weighted by Crippen LogP contribution is -2.34. The zero-order chi connectivity index (χ0) is 15.9. The highest BCUT2D eigenvalue weighted by atomic mass is 35.5. The maximum atomic E-state index is 11.7. The van der Waals surface area contributed by atoms with Gasteiger partial charge in [0.05, 0.1) is 11.4 Å². The van der Waals surface area contributed by atoms with E-state index in [1.165, 1.54) is 0 Å². The Hall–Kier alpha value is -2.42. The smallest absolute Gasteiger partial charge is 0.160 e. The SMILES string of the molecule is OC1(c2ccccc2)C(c2ccccc2)=Nc2ccc(Cl)cc21. The average Bonchev–Trinajstić information content (AvgIpc) is 2.90. The molecule has 0 spiro atoms. The molecule has 1 atom stereocenters. The van der Waals surface area contributed by atoms with Gasteiger partial charge in [-0.15, -0.1) is 0 Å². The van der Waals surface area contributed by atoms with E-state index in [9.17, 15) is 5.11 Å². The van der Waals surface area contributed by atoms with Crippen LogP contribution in [-0.2, 0) is 5.60 Å². The first-order valence-corrected chi connectivity index (χ1v) is 7.80. The summed E-state index contributed by atoms with van der Waals surface area (Å²) in [6, 6.07) is 24.8. The topological polar surface area (TPSA) is 32.6 Å². The lowest BCUT2D eigenvalue weighted by molar-refractivity contribution is 0.160. The van der Waals surface area contributed by atoms with Gasteiger partial charge < -0.3 is 5.11 Å². The Bertz CT molecular complexity index is 890. The van der Waals surface area contributed by atoms with Crippen molar-refractivity contribution in [3.8, 4) is 0 Å². The maximum Gasteiger partial charge on any atom is 0.160 e. The molecule has 0 saturated heterocycles. The largest absolute Gasteiger partial charge is 0.374 e. The second-order valence-electron chi connectivity index (χ2n) is 5.56. The number of hydrogen-bond donors (Lipinski definition) is 1. The molecular weight excluding hydrogens is 306 g/mol. The molecule has 0 aliphatic carbocycles. The summed E-state index contributed by atoms with van der Waals surface area (Å²) in [5.41, 5.74) is 2.47. The summed E-state index contributed by atoms with van der Waals surface area (Å²) < 4.78 is 0. The number of rotatable bonds is 2. The van der Waals surface area contributed by atoms with Crippen LogP contribution in [0.1, 0.15) is 16.7 Å². The van der Waals surface area contributed by atoms with Gasteiger partial charge in [-0.25, -0.2) is 4.99 Å². The van der Waals surface area contributed by atoms with E-state index < -0.39 is 5.60 Å². The Kier molecular flexibility index (Phi) is 3.29. The summed E-state index contributed by atoms with van der Waals surface area (Å²) in [5, 5.41) is 12.2. The van der Waals surface area contributed by atoms with E-state index >= 15 is 0 Å². The van der Waals surface area contributed by atoms with Crippen LogP contribution in [0.5, 0.6) is 0 Å². The fourth-order valence-corrected chi connectivity index (χ4v) is 3.24. The van der Waals surface area contributed by atoms with E-state index in [4.69, 9.17) is 16.6 Å². The Morgan fingerprint density at radius 3 is 2.17 bits per heavy atom. The molecule has 0 fully saturated rings. The standard InChI is InChI=1S/C20H14ClNO/c21-16-11-12-18-17(13-16)20(23,15-9-5-2-6-10-15)19(22-18)14-7-3-1-4-8-14/h1-13,23H. The molecule has 1 aliphatic rings. The van der Waals surface area contributed by atoms with Crippen LogP contribution in [-0.4, -0.2) is 10.8 Å². The molecule has 2 nitrogen and oxygen atoms in total. The van der Waals surface area contributed by atoms with Crippen molar-refractivity contribution in [1.29, 1.82) is 0 Å². The van der Waals surface area contributed by atoms with Crippen molar-refractivity contribution in [1.82, 2.24) is 0 Å². The van der Waals surface area contributed by atoms with Gasteiger partial charge in [-0.05, 0) is 29.3 Å². The molecule has 3 aromatic rings. The van der Waals surface area contributed by atoms with E-state index in [0.29, 0.717) is 10.7 Å². The predicted molar refractivity (Wildman–Crippen MR) is 93.5 cm³/mol. The average molecular weight is 320 g/mol. The van der Waals surface area contributed by atoms with Gasteiger partial charge in [0.1, 0.15) is 0 Å². The highest BCUT2D eigenvalue weighted by molar-refractivity contribution is 6.31. The highest BCUT2D eigenvalue weighted by Crippen LogP contribution is 2.45. The van der Waals surface area contributed by atoms with Gasteiger partial charge in [-0.3, -0.25) is 0 Å². The van der Waals surface area contributed by atoms with Gasteiger partial charge in [-0.1, -0.05) is 72.3 Å². The molecular formula is C20H14ClNO. The van der Waals surface area contributed by atoms with Crippen LogP contribution in [0, 0.1) is 0 Å². The minimum atomic E-state index is -1.30. The predicted octanol–water partition coefficient (Wildman–Crippen LogP) is 4.71. The molecule has 1 heterocycles. The third-order valence-electron chi connectivity index (χ3n) is 4.16. The molecule has 0 bridgehead atoms. The zero-order valence-electron chi connectivity index (χ0n) is 12.3. The number of halogens is 1. The summed E-state index contributed by atoms with van der Waals surface area (Å²) in [6.45, 7) is 0. The van der Waals surface area contributed by atoms with Crippen molar-refractivity contribution in [2.75, 3.05) is 0 Å². The van der Waals surface area contributed by atoms with Gasteiger partial charge in [0, 0.05) is 10.6 Å². The van der Waals surface area contributed by atoms with Crippen LogP contribution >= 0.6 is 11.6 Å². The summed E-state index contributed by atoms with van der Waals surface area (Å²) in [5.74, 6) is 0. The van der Waals surface area contributed by atoms with Crippen LogP contribution in [0.15, 0.2) is 83.9 Å². The minimum absolute atomic E-state index is 0.586. The molecule has 112 valence electrons. The lowest BCUT2D eigenvalue weighted by atomic mass is 9.81. The van der Waals surface area contributed by atoms with Gasteiger partial charge in [0.15, 0.2) is 5.60 Å². The van der Waals surface area contributed by atoms with Crippen LogP contribution in [0.2, 0.25) is 5.02 Å². The summed E-state index contributed by atoms with van der Waals surface area (Å²) in [6.07, 6.45) is 0. The molecule has 0 radical (unpaired) electrons. The van der Waals surface area contributed by atoms with Crippen molar-refractivity contribution < 1.29 is 5.11 Å². The highest BCUT2D eigenvalue weighted by Gasteiger charge is 2.44. The number of nitrogens with zero attached hydrogens (tertiary/aromatic N) is 1. The first-order chi connectivity index (χ1) is 11.2. The fraction of sp³-hybridized carbons (Fsp3) is 0.0500. The van der Waals surface area contributed by atoms with Crippen LogP contribution in [0.4, 0.5) is 5.69 Å². The molecule has 1 N–H and O–H groups in total. The molecule has 4 rings (SSSR count). The van der Waals surface area contributed by atoms with E-state index in [0.717, 1.165) is 22.4 Å². The minimum Gasteiger partial charge on any atom is -0.374 e. The molecule has 1 aliphatic heterocycles.